The second-order valence-electron chi connectivity index (χ2n) is 4.97. The molecule has 0 aromatic carbocycles. The summed E-state index contributed by atoms with van der Waals surface area (Å²) in [5.41, 5.74) is 1.26. The largest absolute Gasteiger partial charge is 0.310 e. The van der Waals surface area contributed by atoms with Gasteiger partial charge in [0.05, 0.1) is 6.20 Å². The van der Waals surface area contributed by atoms with Crippen LogP contribution in [0.3, 0.4) is 0 Å². The Bertz CT molecular complexity index is 317. The first-order valence-corrected chi connectivity index (χ1v) is 7.09. The molecule has 0 spiro atoms. The van der Waals surface area contributed by atoms with Gasteiger partial charge in [0.15, 0.2) is 0 Å². The van der Waals surface area contributed by atoms with Crippen LogP contribution in [0.2, 0.25) is 0 Å². The number of hydrogen-bond donors (Lipinski definition) is 1. The molecule has 1 unspecified atom stereocenters. The maximum absolute atomic E-state index is 4.17. The van der Waals surface area contributed by atoms with Crippen molar-refractivity contribution in [1.29, 1.82) is 0 Å². The molecule has 0 radical (unpaired) electrons. The van der Waals surface area contributed by atoms with E-state index in [9.17, 15) is 0 Å². The van der Waals surface area contributed by atoms with Crippen LogP contribution in [0.15, 0.2) is 12.4 Å². The molecule has 4 heteroatoms. The molecule has 1 rings (SSSR count). The minimum absolute atomic E-state index is 0.570. The van der Waals surface area contributed by atoms with Crippen molar-refractivity contribution in [3.63, 3.8) is 0 Å². The molecule has 4 nitrogen and oxygen atoms in total. The third-order valence-electron chi connectivity index (χ3n) is 3.42. The Hall–Kier alpha value is -0.870. The summed E-state index contributed by atoms with van der Waals surface area (Å²) in [7, 11) is 1.96. The zero-order chi connectivity index (χ0) is 13.4. The molecule has 0 aliphatic rings. The van der Waals surface area contributed by atoms with Gasteiger partial charge in [-0.15, -0.1) is 0 Å². The smallest absolute Gasteiger partial charge is 0.0534 e. The van der Waals surface area contributed by atoms with Crippen molar-refractivity contribution < 1.29 is 0 Å². The number of hydrogen-bond acceptors (Lipinski definition) is 3. The maximum Gasteiger partial charge on any atom is 0.0534 e. The van der Waals surface area contributed by atoms with Gasteiger partial charge < -0.3 is 10.2 Å². The third kappa shape index (κ3) is 5.65. The quantitative estimate of drug-likeness (QED) is 0.730. The summed E-state index contributed by atoms with van der Waals surface area (Å²) in [6.45, 7) is 11.2. The lowest BCUT2D eigenvalue weighted by atomic mass is 10.1. The summed E-state index contributed by atoms with van der Waals surface area (Å²) in [5, 5.41) is 7.72. The van der Waals surface area contributed by atoms with Crippen molar-refractivity contribution >= 4 is 0 Å². The highest BCUT2D eigenvalue weighted by molar-refractivity contribution is 5.02. The van der Waals surface area contributed by atoms with Gasteiger partial charge in [-0.2, -0.15) is 5.10 Å². The van der Waals surface area contributed by atoms with Crippen LogP contribution in [0.1, 0.15) is 39.2 Å². The van der Waals surface area contributed by atoms with Crippen LogP contribution in [-0.4, -0.2) is 40.4 Å². The molecule has 18 heavy (non-hydrogen) atoms. The second-order valence-corrected chi connectivity index (χ2v) is 4.97. The Morgan fingerprint density at radius 1 is 1.39 bits per heavy atom. The molecule has 1 heterocycles. The first-order chi connectivity index (χ1) is 8.65. The molecule has 1 N–H and O–H groups in total. The molecule has 0 amide bonds. The standard InChI is InChI=1S/C14H28N4/c1-5-18(6-2)9-7-8-13(3)15-10-14-11-16-17(4)12-14/h11-13,15H,5-10H2,1-4H3. The topological polar surface area (TPSA) is 33.1 Å². The van der Waals surface area contributed by atoms with Crippen molar-refractivity contribution in [2.24, 2.45) is 7.05 Å². The molecule has 0 aliphatic heterocycles. The van der Waals surface area contributed by atoms with Crippen LogP contribution in [0.5, 0.6) is 0 Å². The number of nitrogens with one attached hydrogen (secondary N) is 1. The maximum atomic E-state index is 4.17. The average molecular weight is 252 g/mol. The Morgan fingerprint density at radius 3 is 2.67 bits per heavy atom. The first-order valence-electron chi connectivity index (χ1n) is 7.09. The first kappa shape index (κ1) is 15.2. The number of rotatable bonds is 9. The van der Waals surface area contributed by atoms with E-state index in [2.05, 4.69) is 42.3 Å². The van der Waals surface area contributed by atoms with Gasteiger partial charge in [0.2, 0.25) is 0 Å². The molecular weight excluding hydrogens is 224 g/mol. The van der Waals surface area contributed by atoms with E-state index < -0.39 is 0 Å². The van der Waals surface area contributed by atoms with Gasteiger partial charge in [0.25, 0.3) is 0 Å². The molecule has 104 valence electrons. The van der Waals surface area contributed by atoms with E-state index in [1.54, 1.807) is 0 Å². The molecule has 0 fully saturated rings. The summed E-state index contributed by atoms with van der Waals surface area (Å²) < 4.78 is 1.85. The van der Waals surface area contributed by atoms with E-state index in [4.69, 9.17) is 0 Å². The fourth-order valence-electron chi connectivity index (χ4n) is 2.12. The highest BCUT2D eigenvalue weighted by Gasteiger charge is 2.04. The fraction of sp³-hybridized carbons (Fsp3) is 0.786. The molecular formula is C14H28N4. The lowest BCUT2D eigenvalue weighted by Crippen LogP contribution is -2.28. The number of aryl methyl sites for hydroxylation is 1. The van der Waals surface area contributed by atoms with Crippen LogP contribution in [-0.2, 0) is 13.6 Å². The zero-order valence-electron chi connectivity index (χ0n) is 12.3. The van der Waals surface area contributed by atoms with Gasteiger partial charge in [-0.05, 0) is 39.4 Å². The van der Waals surface area contributed by atoms with Crippen molar-refractivity contribution in [2.75, 3.05) is 19.6 Å². The van der Waals surface area contributed by atoms with Crippen molar-refractivity contribution in [3.05, 3.63) is 18.0 Å². The molecule has 0 saturated carbocycles. The van der Waals surface area contributed by atoms with Gasteiger partial charge >= 0.3 is 0 Å². The van der Waals surface area contributed by atoms with Crippen LogP contribution < -0.4 is 5.32 Å². The molecule has 0 bridgehead atoms. The van der Waals surface area contributed by atoms with Crippen LogP contribution in [0.25, 0.3) is 0 Å². The monoisotopic (exact) mass is 252 g/mol. The third-order valence-corrected chi connectivity index (χ3v) is 3.42. The summed E-state index contributed by atoms with van der Waals surface area (Å²) in [6.07, 6.45) is 6.49. The summed E-state index contributed by atoms with van der Waals surface area (Å²) in [5.74, 6) is 0. The van der Waals surface area contributed by atoms with Crippen molar-refractivity contribution in [1.82, 2.24) is 20.0 Å². The van der Waals surface area contributed by atoms with E-state index >= 15 is 0 Å². The lowest BCUT2D eigenvalue weighted by molar-refractivity contribution is 0.290. The fourth-order valence-corrected chi connectivity index (χ4v) is 2.12. The van der Waals surface area contributed by atoms with E-state index in [0.717, 1.165) is 19.6 Å². The average Bonchev–Trinajstić information content (AvgIpc) is 2.78. The van der Waals surface area contributed by atoms with Gasteiger partial charge in [-0.3, -0.25) is 4.68 Å². The Balaban J connectivity index is 2.12. The van der Waals surface area contributed by atoms with E-state index in [-0.39, 0.29) is 0 Å². The van der Waals surface area contributed by atoms with Gasteiger partial charge in [-0.25, -0.2) is 0 Å². The highest BCUT2D eigenvalue weighted by atomic mass is 15.2. The van der Waals surface area contributed by atoms with Crippen LogP contribution in [0, 0.1) is 0 Å². The van der Waals surface area contributed by atoms with E-state index in [0.29, 0.717) is 6.04 Å². The molecule has 1 atom stereocenters. The van der Waals surface area contributed by atoms with Crippen LogP contribution >= 0.6 is 0 Å². The summed E-state index contributed by atoms with van der Waals surface area (Å²) in [6, 6.07) is 0.570. The van der Waals surface area contributed by atoms with Crippen molar-refractivity contribution in [3.8, 4) is 0 Å². The molecule has 1 aromatic heterocycles. The van der Waals surface area contributed by atoms with Crippen molar-refractivity contribution in [2.45, 2.75) is 46.2 Å². The normalized spacial score (nSPS) is 13.2. The minimum Gasteiger partial charge on any atom is -0.310 e. The van der Waals surface area contributed by atoms with Gasteiger partial charge in [0.1, 0.15) is 0 Å². The zero-order valence-corrected chi connectivity index (χ0v) is 12.3. The minimum atomic E-state index is 0.570. The molecule has 0 saturated heterocycles. The highest BCUT2D eigenvalue weighted by Crippen LogP contribution is 2.02. The second kappa shape index (κ2) is 8.27. The Kier molecular flexibility index (Phi) is 6.98. The van der Waals surface area contributed by atoms with Crippen LogP contribution in [0.4, 0.5) is 0 Å². The predicted molar refractivity (Wildman–Crippen MR) is 76.5 cm³/mol. The Morgan fingerprint density at radius 2 is 2.11 bits per heavy atom. The summed E-state index contributed by atoms with van der Waals surface area (Å²) >= 11 is 0. The van der Waals surface area contributed by atoms with Gasteiger partial charge in [0, 0.05) is 31.4 Å². The number of nitrogens with zero attached hydrogens (tertiary/aromatic N) is 3. The summed E-state index contributed by atoms with van der Waals surface area (Å²) in [4.78, 5) is 2.48. The number of aromatic nitrogens is 2. The lowest BCUT2D eigenvalue weighted by Gasteiger charge is -2.19. The SMILES string of the molecule is CCN(CC)CCCC(C)NCc1cnn(C)c1. The van der Waals surface area contributed by atoms with Gasteiger partial charge in [-0.1, -0.05) is 13.8 Å². The van der Waals surface area contributed by atoms with E-state index in [1.165, 1.54) is 24.9 Å². The molecule has 0 aliphatic carbocycles. The van der Waals surface area contributed by atoms with E-state index in [1.807, 2.05) is 17.9 Å². The molecule has 1 aromatic rings. The Labute approximate surface area is 111 Å². The predicted octanol–water partition coefficient (Wildman–Crippen LogP) is 2.02.